The molecule has 2 rings (SSSR count). The first-order valence-corrected chi connectivity index (χ1v) is 8.28. The first-order chi connectivity index (χ1) is 9.54. The van der Waals surface area contributed by atoms with Gasteiger partial charge in [-0.3, -0.25) is 4.79 Å². The maximum absolute atomic E-state index is 11.9. The highest BCUT2D eigenvalue weighted by Gasteiger charge is 2.07. The van der Waals surface area contributed by atoms with Gasteiger partial charge in [-0.1, -0.05) is 15.9 Å². The summed E-state index contributed by atoms with van der Waals surface area (Å²) in [6.07, 6.45) is 0. The van der Waals surface area contributed by atoms with Crippen molar-refractivity contribution in [2.75, 3.05) is 11.1 Å². The molecule has 0 unspecified atom stereocenters. The highest BCUT2D eigenvalue weighted by atomic mass is 79.9. The molecular formula is C14H11Br2NO2S. The molecule has 2 aromatic rings. The lowest BCUT2D eigenvalue weighted by molar-refractivity contribution is -0.113. The number of aromatic hydroxyl groups is 1. The van der Waals surface area contributed by atoms with Gasteiger partial charge in [0.2, 0.25) is 5.91 Å². The summed E-state index contributed by atoms with van der Waals surface area (Å²) in [5, 5.41) is 12.0. The standard InChI is InChI=1S/C14H11Br2NO2S/c15-9-1-6-13(12(16)7-9)17-14(19)8-20-11-4-2-10(18)3-5-11/h1-7,18H,8H2,(H,17,19). The summed E-state index contributed by atoms with van der Waals surface area (Å²) in [6, 6.07) is 12.3. The molecule has 0 aliphatic carbocycles. The number of benzene rings is 2. The van der Waals surface area contributed by atoms with E-state index in [4.69, 9.17) is 0 Å². The van der Waals surface area contributed by atoms with Crippen molar-refractivity contribution in [1.82, 2.24) is 0 Å². The molecular weight excluding hydrogens is 406 g/mol. The minimum Gasteiger partial charge on any atom is -0.508 e. The fourth-order valence-electron chi connectivity index (χ4n) is 1.47. The largest absolute Gasteiger partial charge is 0.508 e. The van der Waals surface area contributed by atoms with Gasteiger partial charge in [-0.05, 0) is 58.4 Å². The smallest absolute Gasteiger partial charge is 0.234 e. The fourth-order valence-corrected chi connectivity index (χ4v) is 3.31. The molecule has 0 fully saturated rings. The highest BCUT2D eigenvalue weighted by molar-refractivity contribution is 9.11. The number of amides is 1. The number of halogens is 2. The summed E-state index contributed by atoms with van der Waals surface area (Å²) in [6.45, 7) is 0. The van der Waals surface area contributed by atoms with Crippen molar-refractivity contribution in [3.63, 3.8) is 0 Å². The molecule has 1 amide bonds. The first-order valence-electron chi connectivity index (χ1n) is 5.71. The van der Waals surface area contributed by atoms with Crippen LogP contribution in [0, 0.1) is 0 Å². The number of nitrogens with one attached hydrogen (secondary N) is 1. The van der Waals surface area contributed by atoms with Crippen LogP contribution in [0.15, 0.2) is 56.3 Å². The lowest BCUT2D eigenvalue weighted by atomic mass is 10.3. The number of phenolic OH excluding ortho intramolecular Hbond substituents is 1. The van der Waals surface area contributed by atoms with Gasteiger partial charge in [0.25, 0.3) is 0 Å². The predicted octanol–water partition coefficient (Wildman–Crippen LogP) is 4.65. The zero-order valence-corrected chi connectivity index (χ0v) is 14.3. The maximum atomic E-state index is 11.9. The lowest BCUT2D eigenvalue weighted by Crippen LogP contribution is -2.14. The quantitative estimate of drug-likeness (QED) is 0.713. The van der Waals surface area contributed by atoms with Crippen molar-refractivity contribution in [1.29, 1.82) is 0 Å². The van der Waals surface area contributed by atoms with Crippen LogP contribution in [0.3, 0.4) is 0 Å². The van der Waals surface area contributed by atoms with E-state index >= 15 is 0 Å². The number of thioether (sulfide) groups is 1. The Morgan fingerprint density at radius 3 is 2.50 bits per heavy atom. The Hall–Kier alpha value is -0.980. The van der Waals surface area contributed by atoms with Crippen molar-refractivity contribution < 1.29 is 9.90 Å². The zero-order chi connectivity index (χ0) is 14.5. The van der Waals surface area contributed by atoms with Gasteiger partial charge in [-0.25, -0.2) is 0 Å². The Morgan fingerprint density at radius 2 is 1.85 bits per heavy atom. The molecule has 0 aliphatic rings. The zero-order valence-electron chi connectivity index (χ0n) is 10.3. The minimum atomic E-state index is -0.0777. The summed E-state index contributed by atoms with van der Waals surface area (Å²) in [4.78, 5) is 12.8. The number of phenols is 1. The van der Waals surface area contributed by atoms with Crippen LogP contribution in [-0.4, -0.2) is 16.8 Å². The van der Waals surface area contributed by atoms with Gasteiger partial charge >= 0.3 is 0 Å². The molecule has 0 radical (unpaired) electrons. The first kappa shape index (κ1) is 15.4. The van der Waals surface area contributed by atoms with Crippen LogP contribution in [0.5, 0.6) is 5.75 Å². The van der Waals surface area contributed by atoms with Crippen molar-refractivity contribution in [3.8, 4) is 5.75 Å². The number of rotatable bonds is 4. The van der Waals surface area contributed by atoms with E-state index < -0.39 is 0 Å². The van der Waals surface area contributed by atoms with Crippen LogP contribution in [0.2, 0.25) is 0 Å². The molecule has 0 spiro atoms. The van der Waals surface area contributed by atoms with Gasteiger partial charge in [-0.15, -0.1) is 11.8 Å². The average Bonchev–Trinajstić information content (AvgIpc) is 2.41. The predicted molar refractivity (Wildman–Crippen MR) is 89.3 cm³/mol. The van der Waals surface area contributed by atoms with E-state index in [0.717, 1.165) is 19.5 Å². The van der Waals surface area contributed by atoms with Crippen molar-refractivity contribution in [3.05, 3.63) is 51.4 Å². The summed E-state index contributed by atoms with van der Waals surface area (Å²) in [5.74, 6) is 0.455. The molecule has 0 aromatic heterocycles. The van der Waals surface area contributed by atoms with E-state index in [1.165, 1.54) is 11.8 Å². The number of anilines is 1. The van der Waals surface area contributed by atoms with Crippen LogP contribution >= 0.6 is 43.6 Å². The van der Waals surface area contributed by atoms with Gasteiger partial charge < -0.3 is 10.4 Å². The molecule has 2 N–H and O–H groups in total. The van der Waals surface area contributed by atoms with Crippen molar-refractivity contribution in [2.45, 2.75) is 4.90 Å². The molecule has 6 heteroatoms. The molecule has 0 bridgehead atoms. The minimum absolute atomic E-state index is 0.0777. The lowest BCUT2D eigenvalue weighted by Gasteiger charge is -2.07. The number of hydrogen-bond acceptors (Lipinski definition) is 3. The van der Waals surface area contributed by atoms with Gasteiger partial charge in [-0.2, -0.15) is 0 Å². The Morgan fingerprint density at radius 1 is 1.15 bits per heavy atom. The molecule has 0 saturated carbocycles. The average molecular weight is 417 g/mol. The van der Waals surface area contributed by atoms with Crippen LogP contribution in [0.4, 0.5) is 5.69 Å². The Balaban J connectivity index is 1.90. The van der Waals surface area contributed by atoms with E-state index in [9.17, 15) is 9.90 Å². The Kier molecular flexibility index (Phi) is 5.51. The monoisotopic (exact) mass is 415 g/mol. The topological polar surface area (TPSA) is 49.3 Å². The van der Waals surface area contributed by atoms with Crippen LogP contribution in [-0.2, 0) is 4.79 Å². The third kappa shape index (κ3) is 4.54. The van der Waals surface area contributed by atoms with E-state index in [-0.39, 0.29) is 11.7 Å². The third-order valence-corrected chi connectivity index (χ3v) is 4.57. The highest BCUT2D eigenvalue weighted by Crippen LogP contribution is 2.27. The molecule has 104 valence electrons. The molecule has 0 saturated heterocycles. The van der Waals surface area contributed by atoms with Crippen molar-refractivity contribution in [2.24, 2.45) is 0 Å². The SMILES string of the molecule is O=C(CSc1ccc(O)cc1)Nc1ccc(Br)cc1Br. The summed E-state index contributed by atoms with van der Waals surface area (Å²) in [7, 11) is 0. The maximum Gasteiger partial charge on any atom is 0.234 e. The fraction of sp³-hybridized carbons (Fsp3) is 0.0714. The van der Waals surface area contributed by atoms with Crippen LogP contribution in [0.25, 0.3) is 0 Å². The molecule has 3 nitrogen and oxygen atoms in total. The van der Waals surface area contributed by atoms with E-state index in [0.29, 0.717) is 5.75 Å². The van der Waals surface area contributed by atoms with E-state index in [1.807, 2.05) is 18.2 Å². The van der Waals surface area contributed by atoms with Crippen molar-refractivity contribution >= 4 is 55.2 Å². The normalized spacial score (nSPS) is 10.3. The summed E-state index contributed by atoms with van der Waals surface area (Å²) in [5.41, 5.74) is 0.740. The summed E-state index contributed by atoms with van der Waals surface area (Å²) < 4.78 is 1.77. The second-order valence-electron chi connectivity index (χ2n) is 3.95. The number of hydrogen-bond donors (Lipinski definition) is 2. The van der Waals surface area contributed by atoms with Gasteiger partial charge in [0.15, 0.2) is 0 Å². The van der Waals surface area contributed by atoms with Gasteiger partial charge in [0, 0.05) is 13.8 Å². The molecule has 0 aliphatic heterocycles. The van der Waals surface area contributed by atoms with Crippen LogP contribution < -0.4 is 5.32 Å². The third-order valence-electron chi connectivity index (χ3n) is 2.41. The number of carbonyl (C=O) groups is 1. The number of carbonyl (C=O) groups excluding carboxylic acids is 1. The van der Waals surface area contributed by atoms with E-state index in [1.54, 1.807) is 24.3 Å². The summed E-state index contributed by atoms with van der Waals surface area (Å²) >= 11 is 8.18. The second-order valence-corrected chi connectivity index (χ2v) is 6.77. The second kappa shape index (κ2) is 7.15. The van der Waals surface area contributed by atoms with Gasteiger partial charge in [0.05, 0.1) is 11.4 Å². The molecule has 2 aromatic carbocycles. The van der Waals surface area contributed by atoms with Crippen LogP contribution in [0.1, 0.15) is 0 Å². The molecule has 0 heterocycles. The molecule has 0 atom stereocenters. The Labute approximate surface area is 138 Å². The molecule has 20 heavy (non-hydrogen) atoms. The van der Waals surface area contributed by atoms with E-state index in [2.05, 4.69) is 37.2 Å². The van der Waals surface area contributed by atoms with Gasteiger partial charge in [0.1, 0.15) is 5.75 Å². The Bertz CT molecular complexity index is 617.